The Bertz CT molecular complexity index is 709. The zero-order valence-electron chi connectivity index (χ0n) is 10.7. The highest BCUT2D eigenvalue weighted by Crippen LogP contribution is 2.28. The molecule has 100 valence electrons. The number of halogens is 1. The van der Waals surface area contributed by atoms with Crippen LogP contribution in [-0.2, 0) is 0 Å². The minimum atomic E-state index is -0.276. The molecule has 0 fully saturated rings. The van der Waals surface area contributed by atoms with E-state index in [0.29, 0.717) is 11.3 Å². The van der Waals surface area contributed by atoms with Crippen LogP contribution < -0.4 is 5.73 Å². The summed E-state index contributed by atoms with van der Waals surface area (Å²) in [6, 6.07) is 16.1. The Kier molecular flexibility index (Phi) is 3.58. The zero-order valence-corrected chi connectivity index (χ0v) is 11.5. The number of thiazole rings is 1. The second-order valence-electron chi connectivity index (χ2n) is 4.44. The van der Waals surface area contributed by atoms with Crippen molar-refractivity contribution in [1.82, 2.24) is 4.98 Å². The van der Waals surface area contributed by atoms with Crippen molar-refractivity contribution >= 4 is 11.3 Å². The molecule has 0 saturated carbocycles. The van der Waals surface area contributed by atoms with E-state index in [0.717, 1.165) is 10.6 Å². The predicted molar refractivity (Wildman–Crippen MR) is 80.0 cm³/mol. The zero-order chi connectivity index (χ0) is 13.9. The lowest BCUT2D eigenvalue weighted by Gasteiger charge is -2.08. The molecule has 0 aliphatic heterocycles. The number of nitrogens with zero attached hydrogens (tertiary/aromatic N) is 1. The minimum absolute atomic E-state index is 0.266. The van der Waals surface area contributed by atoms with Gasteiger partial charge in [-0.1, -0.05) is 42.5 Å². The normalized spacial score (nSPS) is 12.3. The Morgan fingerprint density at radius 3 is 2.45 bits per heavy atom. The summed E-state index contributed by atoms with van der Waals surface area (Å²) in [7, 11) is 0. The molecular weight excluding hydrogens is 271 g/mol. The lowest BCUT2D eigenvalue weighted by molar-refractivity contribution is 0.630. The van der Waals surface area contributed by atoms with Crippen molar-refractivity contribution in [2.45, 2.75) is 6.04 Å². The fourth-order valence-corrected chi connectivity index (χ4v) is 2.87. The van der Waals surface area contributed by atoms with Crippen molar-refractivity contribution in [2.75, 3.05) is 0 Å². The van der Waals surface area contributed by atoms with Gasteiger partial charge >= 0.3 is 0 Å². The SMILES string of the molecule is NC(c1ccccc1)c1nc(-c2ccccc2F)cs1. The highest BCUT2D eigenvalue weighted by atomic mass is 32.1. The maximum Gasteiger partial charge on any atom is 0.132 e. The van der Waals surface area contributed by atoms with E-state index in [-0.39, 0.29) is 11.9 Å². The summed E-state index contributed by atoms with van der Waals surface area (Å²) < 4.78 is 13.7. The molecule has 0 spiro atoms. The van der Waals surface area contributed by atoms with Crippen molar-refractivity contribution in [1.29, 1.82) is 0 Å². The molecule has 0 saturated heterocycles. The van der Waals surface area contributed by atoms with Gasteiger partial charge in [-0.3, -0.25) is 0 Å². The van der Waals surface area contributed by atoms with Gasteiger partial charge in [0.15, 0.2) is 0 Å². The predicted octanol–water partition coefficient (Wildman–Crippen LogP) is 4.00. The molecule has 0 amide bonds. The first kappa shape index (κ1) is 13.0. The van der Waals surface area contributed by atoms with Gasteiger partial charge in [0.2, 0.25) is 0 Å². The van der Waals surface area contributed by atoms with Gasteiger partial charge in [0.05, 0.1) is 11.7 Å². The van der Waals surface area contributed by atoms with Crippen molar-refractivity contribution in [3.8, 4) is 11.3 Å². The van der Waals surface area contributed by atoms with Gasteiger partial charge in [-0.2, -0.15) is 0 Å². The largest absolute Gasteiger partial charge is 0.318 e. The summed E-state index contributed by atoms with van der Waals surface area (Å²) in [5, 5.41) is 2.63. The number of benzene rings is 2. The summed E-state index contributed by atoms with van der Waals surface area (Å²) in [5.41, 5.74) is 8.35. The van der Waals surface area contributed by atoms with Crippen LogP contribution in [0.25, 0.3) is 11.3 Å². The Hall–Kier alpha value is -2.04. The summed E-state index contributed by atoms with van der Waals surface area (Å²) >= 11 is 1.45. The Morgan fingerprint density at radius 2 is 1.70 bits per heavy atom. The number of rotatable bonds is 3. The molecule has 1 unspecified atom stereocenters. The first-order chi connectivity index (χ1) is 9.75. The van der Waals surface area contributed by atoms with Gasteiger partial charge in [-0.15, -0.1) is 11.3 Å². The average Bonchev–Trinajstić information content (AvgIpc) is 2.97. The molecule has 1 aromatic heterocycles. The highest BCUT2D eigenvalue weighted by molar-refractivity contribution is 7.10. The monoisotopic (exact) mass is 284 g/mol. The summed E-state index contributed by atoms with van der Waals surface area (Å²) in [6.07, 6.45) is 0. The van der Waals surface area contributed by atoms with E-state index in [1.165, 1.54) is 17.4 Å². The molecule has 3 rings (SSSR count). The van der Waals surface area contributed by atoms with Crippen molar-refractivity contribution < 1.29 is 4.39 Å². The molecule has 0 radical (unpaired) electrons. The second kappa shape index (κ2) is 5.53. The van der Waals surface area contributed by atoms with E-state index in [9.17, 15) is 4.39 Å². The topological polar surface area (TPSA) is 38.9 Å². The van der Waals surface area contributed by atoms with Gasteiger partial charge < -0.3 is 5.73 Å². The maximum absolute atomic E-state index is 13.7. The average molecular weight is 284 g/mol. The van der Waals surface area contributed by atoms with Gasteiger partial charge in [0.1, 0.15) is 10.8 Å². The molecule has 0 bridgehead atoms. The molecule has 20 heavy (non-hydrogen) atoms. The van der Waals surface area contributed by atoms with Crippen LogP contribution >= 0.6 is 11.3 Å². The van der Waals surface area contributed by atoms with E-state index >= 15 is 0 Å². The molecule has 2 N–H and O–H groups in total. The quantitative estimate of drug-likeness (QED) is 0.789. The third kappa shape index (κ3) is 2.48. The van der Waals surface area contributed by atoms with E-state index < -0.39 is 0 Å². The van der Waals surface area contributed by atoms with Crippen molar-refractivity contribution in [2.24, 2.45) is 5.73 Å². The molecule has 1 atom stereocenters. The fraction of sp³-hybridized carbons (Fsp3) is 0.0625. The van der Waals surface area contributed by atoms with Gasteiger partial charge in [0.25, 0.3) is 0 Å². The number of hydrogen-bond acceptors (Lipinski definition) is 3. The van der Waals surface area contributed by atoms with Gasteiger partial charge in [0, 0.05) is 10.9 Å². The number of hydrogen-bond donors (Lipinski definition) is 1. The van der Waals surface area contributed by atoms with Crippen LogP contribution in [0.5, 0.6) is 0 Å². The third-order valence-electron chi connectivity index (χ3n) is 3.10. The first-order valence-electron chi connectivity index (χ1n) is 6.26. The Morgan fingerprint density at radius 1 is 1.00 bits per heavy atom. The van der Waals surface area contributed by atoms with E-state index in [2.05, 4.69) is 4.98 Å². The molecule has 3 aromatic rings. The summed E-state index contributed by atoms with van der Waals surface area (Å²) in [6.45, 7) is 0. The third-order valence-corrected chi connectivity index (χ3v) is 4.02. The molecule has 2 nitrogen and oxygen atoms in total. The number of nitrogens with two attached hydrogens (primary N) is 1. The lowest BCUT2D eigenvalue weighted by Crippen LogP contribution is -2.11. The van der Waals surface area contributed by atoms with Crippen LogP contribution in [0.2, 0.25) is 0 Å². The van der Waals surface area contributed by atoms with Crippen LogP contribution in [-0.4, -0.2) is 4.98 Å². The molecule has 2 aromatic carbocycles. The van der Waals surface area contributed by atoms with Crippen LogP contribution in [0.15, 0.2) is 60.0 Å². The number of aromatic nitrogens is 1. The molecular formula is C16H13FN2S. The van der Waals surface area contributed by atoms with Crippen molar-refractivity contribution in [3.05, 3.63) is 76.4 Å². The smallest absolute Gasteiger partial charge is 0.132 e. The fourth-order valence-electron chi connectivity index (χ4n) is 2.03. The first-order valence-corrected chi connectivity index (χ1v) is 7.14. The Labute approximate surface area is 120 Å². The minimum Gasteiger partial charge on any atom is -0.318 e. The van der Waals surface area contributed by atoms with E-state index in [1.54, 1.807) is 18.2 Å². The van der Waals surface area contributed by atoms with Gasteiger partial charge in [-0.25, -0.2) is 9.37 Å². The van der Waals surface area contributed by atoms with Gasteiger partial charge in [-0.05, 0) is 17.7 Å². The van der Waals surface area contributed by atoms with Crippen LogP contribution in [0.3, 0.4) is 0 Å². The second-order valence-corrected chi connectivity index (χ2v) is 5.33. The molecule has 0 aliphatic rings. The highest BCUT2D eigenvalue weighted by Gasteiger charge is 2.15. The maximum atomic E-state index is 13.7. The summed E-state index contributed by atoms with van der Waals surface area (Å²) in [4.78, 5) is 4.47. The van der Waals surface area contributed by atoms with Crippen LogP contribution in [0.1, 0.15) is 16.6 Å². The van der Waals surface area contributed by atoms with Crippen LogP contribution in [0, 0.1) is 5.82 Å². The standard InChI is InChI=1S/C16H13FN2S/c17-13-9-5-4-8-12(13)14-10-20-16(19-14)15(18)11-6-2-1-3-7-11/h1-10,15H,18H2. The molecule has 0 aliphatic carbocycles. The Balaban J connectivity index is 1.93. The van der Waals surface area contributed by atoms with E-state index in [4.69, 9.17) is 5.73 Å². The summed E-state index contributed by atoms with van der Waals surface area (Å²) in [5.74, 6) is -0.266. The lowest BCUT2D eigenvalue weighted by atomic mass is 10.1. The van der Waals surface area contributed by atoms with Crippen molar-refractivity contribution in [3.63, 3.8) is 0 Å². The van der Waals surface area contributed by atoms with E-state index in [1.807, 2.05) is 35.7 Å². The van der Waals surface area contributed by atoms with Crippen LogP contribution in [0.4, 0.5) is 4.39 Å². The molecule has 1 heterocycles. The molecule has 4 heteroatoms.